The van der Waals surface area contributed by atoms with E-state index in [0.29, 0.717) is 0 Å². The molecule has 1 aromatic rings. The van der Waals surface area contributed by atoms with Crippen LogP contribution in [0.15, 0.2) is 6.07 Å². The number of hydrogen-bond acceptors (Lipinski definition) is 2. The van der Waals surface area contributed by atoms with Crippen molar-refractivity contribution < 1.29 is 9.84 Å². The van der Waals surface area contributed by atoms with Crippen LogP contribution in [0, 0.1) is 12.3 Å². The number of fused-ring (bicyclic) bond motifs is 1. The van der Waals surface area contributed by atoms with Crippen molar-refractivity contribution >= 4 is 0 Å². The number of hydrogen-bond donors (Lipinski definition) is 1. The van der Waals surface area contributed by atoms with Crippen molar-refractivity contribution in [2.75, 3.05) is 13.2 Å². The maximum atomic E-state index is 10.3. The van der Waals surface area contributed by atoms with Gasteiger partial charge in [-0.2, -0.15) is 0 Å². The highest BCUT2D eigenvalue weighted by atomic mass is 16.5. The Hall–Kier alpha value is -0.800. The van der Waals surface area contributed by atoms with E-state index in [9.17, 15) is 5.11 Å². The molecule has 3 nitrogen and oxygen atoms in total. The molecule has 1 unspecified atom stereocenters. The highest BCUT2D eigenvalue weighted by Gasteiger charge is 2.33. The van der Waals surface area contributed by atoms with Crippen molar-refractivity contribution in [1.82, 2.24) is 4.57 Å². The third kappa shape index (κ3) is 3.44. The Bertz CT molecular complexity index is 448. The molecular formula is C17H29NO2. The van der Waals surface area contributed by atoms with E-state index in [1.165, 1.54) is 11.4 Å². The summed E-state index contributed by atoms with van der Waals surface area (Å²) in [7, 11) is 0. The van der Waals surface area contributed by atoms with Gasteiger partial charge in [0.05, 0.1) is 6.10 Å². The second-order valence-corrected chi connectivity index (χ2v) is 6.87. The van der Waals surface area contributed by atoms with E-state index in [0.717, 1.165) is 51.0 Å². The van der Waals surface area contributed by atoms with Gasteiger partial charge in [-0.05, 0) is 44.1 Å². The van der Waals surface area contributed by atoms with Gasteiger partial charge in [0.15, 0.2) is 0 Å². The predicted octanol–water partition coefficient (Wildman–Crippen LogP) is 3.62. The van der Waals surface area contributed by atoms with Crippen LogP contribution in [-0.2, 0) is 17.7 Å². The van der Waals surface area contributed by atoms with Crippen LogP contribution in [0.5, 0.6) is 0 Å². The van der Waals surface area contributed by atoms with Gasteiger partial charge >= 0.3 is 0 Å². The lowest BCUT2D eigenvalue weighted by Crippen LogP contribution is -2.27. The van der Waals surface area contributed by atoms with Crippen molar-refractivity contribution in [3.05, 3.63) is 23.0 Å². The standard InChI is InChI=1S/C17H29NO2/c1-5-8-20-9-6-7-18-13(2)10-14-15(18)11-17(3,4)12-16(14)19/h10,16,19H,5-9,11-12H2,1-4H3. The van der Waals surface area contributed by atoms with Crippen LogP contribution in [0.4, 0.5) is 0 Å². The lowest BCUT2D eigenvalue weighted by atomic mass is 9.75. The van der Waals surface area contributed by atoms with Gasteiger partial charge in [0.2, 0.25) is 0 Å². The fourth-order valence-corrected chi connectivity index (χ4v) is 3.28. The summed E-state index contributed by atoms with van der Waals surface area (Å²) in [5.74, 6) is 0. The molecule has 0 aliphatic heterocycles. The first kappa shape index (κ1) is 15.6. The van der Waals surface area contributed by atoms with Crippen LogP contribution in [0.2, 0.25) is 0 Å². The molecule has 1 aliphatic carbocycles. The third-order valence-electron chi connectivity index (χ3n) is 4.22. The topological polar surface area (TPSA) is 34.4 Å². The molecular weight excluding hydrogens is 250 g/mol. The van der Waals surface area contributed by atoms with E-state index in [2.05, 4.69) is 38.3 Å². The molecule has 1 atom stereocenters. The average Bonchev–Trinajstić information content (AvgIpc) is 2.65. The summed E-state index contributed by atoms with van der Waals surface area (Å²) in [6.07, 6.45) is 3.74. The molecule has 1 aliphatic rings. The number of aryl methyl sites for hydroxylation is 1. The quantitative estimate of drug-likeness (QED) is 0.807. The summed E-state index contributed by atoms with van der Waals surface area (Å²) in [4.78, 5) is 0. The molecule has 1 N–H and O–H groups in total. The Labute approximate surface area is 122 Å². The zero-order chi connectivity index (χ0) is 14.8. The van der Waals surface area contributed by atoms with Gasteiger partial charge in [-0.15, -0.1) is 0 Å². The number of aromatic nitrogens is 1. The molecule has 20 heavy (non-hydrogen) atoms. The second-order valence-electron chi connectivity index (χ2n) is 6.87. The maximum absolute atomic E-state index is 10.3. The second kappa shape index (κ2) is 6.31. The minimum absolute atomic E-state index is 0.188. The smallest absolute Gasteiger partial charge is 0.0812 e. The van der Waals surface area contributed by atoms with E-state index < -0.39 is 0 Å². The number of nitrogens with zero attached hydrogens (tertiary/aromatic N) is 1. The van der Waals surface area contributed by atoms with Crippen LogP contribution in [0.3, 0.4) is 0 Å². The Morgan fingerprint density at radius 2 is 2.15 bits per heavy atom. The monoisotopic (exact) mass is 279 g/mol. The normalized spacial score (nSPS) is 20.9. The lowest BCUT2D eigenvalue weighted by molar-refractivity contribution is 0.0973. The molecule has 0 radical (unpaired) electrons. The van der Waals surface area contributed by atoms with Crippen molar-refractivity contribution in [2.24, 2.45) is 5.41 Å². The molecule has 2 rings (SSSR count). The lowest BCUT2D eigenvalue weighted by Gasteiger charge is -2.34. The number of aliphatic hydroxyl groups is 1. The first-order valence-electron chi connectivity index (χ1n) is 7.89. The summed E-state index contributed by atoms with van der Waals surface area (Å²) in [5, 5.41) is 10.3. The largest absolute Gasteiger partial charge is 0.388 e. The van der Waals surface area contributed by atoms with Gasteiger partial charge in [0.25, 0.3) is 0 Å². The molecule has 3 heteroatoms. The van der Waals surface area contributed by atoms with Crippen LogP contribution >= 0.6 is 0 Å². The average molecular weight is 279 g/mol. The number of aliphatic hydroxyl groups excluding tert-OH is 1. The molecule has 0 spiro atoms. The zero-order valence-electron chi connectivity index (χ0n) is 13.4. The predicted molar refractivity (Wildman–Crippen MR) is 82.0 cm³/mol. The third-order valence-corrected chi connectivity index (χ3v) is 4.22. The number of ether oxygens (including phenoxy) is 1. The van der Waals surface area contributed by atoms with E-state index in [1.54, 1.807) is 0 Å². The fraction of sp³-hybridized carbons (Fsp3) is 0.765. The molecule has 1 heterocycles. The molecule has 1 aromatic heterocycles. The molecule has 0 saturated carbocycles. The molecule has 0 saturated heterocycles. The molecule has 0 aromatic carbocycles. The minimum Gasteiger partial charge on any atom is -0.388 e. The highest BCUT2D eigenvalue weighted by molar-refractivity contribution is 5.33. The van der Waals surface area contributed by atoms with Gasteiger partial charge in [0.1, 0.15) is 0 Å². The van der Waals surface area contributed by atoms with Crippen LogP contribution in [-0.4, -0.2) is 22.9 Å². The summed E-state index contributed by atoms with van der Waals surface area (Å²) in [6, 6.07) is 2.17. The van der Waals surface area contributed by atoms with Crippen LogP contribution in [0.1, 0.15) is 63.1 Å². The Balaban J connectivity index is 2.07. The maximum Gasteiger partial charge on any atom is 0.0812 e. The van der Waals surface area contributed by atoms with Crippen LogP contribution < -0.4 is 0 Å². The van der Waals surface area contributed by atoms with Crippen LogP contribution in [0.25, 0.3) is 0 Å². The van der Waals surface area contributed by atoms with E-state index >= 15 is 0 Å². The molecule has 114 valence electrons. The fourth-order valence-electron chi connectivity index (χ4n) is 3.28. The summed E-state index contributed by atoms with van der Waals surface area (Å²) >= 11 is 0. The minimum atomic E-state index is -0.301. The van der Waals surface area contributed by atoms with Crippen molar-refractivity contribution in [3.8, 4) is 0 Å². The van der Waals surface area contributed by atoms with E-state index in [1.807, 2.05) is 0 Å². The highest BCUT2D eigenvalue weighted by Crippen LogP contribution is 2.41. The SMILES string of the molecule is CCCOCCCn1c(C)cc2c1CC(C)(C)CC2O. The molecule has 0 fully saturated rings. The van der Waals surface area contributed by atoms with Gasteiger partial charge in [-0.1, -0.05) is 20.8 Å². The summed E-state index contributed by atoms with van der Waals surface area (Å²) < 4.78 is 7.95. The Kier molecular flexibility index (Phi) is 4.92. The van der Waals surface area contributed by atoms with Gasteiger partial charge < -0.3 is 14.4 Å². The summed E-state index contributed by atoms with van der Waals surface area (Å²) in [5.41, 5.74) is 3.94. The van der Waals surface area contributed by atoms with Gasteiger partial charge in [-0.25, -0.2) is 0 Å². The molecule has 0 amide bonds. The van der Waals surface area contributed by atoms with Crippen molar-refractivity contribution in [3.63, 3.8) is 0 Å². The van der Waals surface area contributed by atoms with Gasteiger partial charge in [0, 0.05) is 36.7 Å². The van der Waals surface area contributed by atoms with Gasteiger partial charge in [-0.3, -0.25) is 0 Å². The Morgan fingerprint density at radius 1 is 1.40 bits per heavy atom. The zero-order valence-corrected chi connectivity index (χ0v) is 13.4. The molecule has 0 bridgehead atoms. The van der Waals surface area contributed by atoms with E-state index in [-0.39, 0.29) is 11.5 Å². The first-order chi connectivity index (χ1) is 9.44. The van der Waals surface area contributed by atoms with E-state index in [4.69, 9.17) is 4.74 Å². The number of rotatable bonds is 6. The summed E-state index contributed by atoms with van der Waals surface area (Å²) in [6.45, 7) is 11.4. The van der Waals surface area contributed by atoms with Crippen molar-refractivity contribution in [2.45, 2.75) is 66.0 Å². The Morgan fingerprint density at radius 3 is 2.85 bits per heavy atom. The first-order valence-corrected chi connectivity index (χ1v) is 7.89. The van der Waals surface area contributed by atoms with Crippen molar-refractivity contribution in [1.29, 1.82) is 0 Å².